The van der Waals surface area contributed by atoms with Crippen molar-refractivity contribution in [3.05, 3.63) is 0 Å². The molecule has 0 aromatic rings. The summed E-state index contributed by atoms with van der Waals surface area (Å²) < 4.78 is 0. The fourth-order valence-corrected chi connectivity index (χ4v) is 1.21. The summed E-state index contributed by atoms with van der Waals surface area (Å²) in [5.41, 5.74) is 0. The Hall–Kier alpha value is -0.0400. The zero-order chi connectivity index (χ0) is 8.53. The summed E-state index contributed by atoms with van der Waals surface area (Å²) >= 11 is 0. The molecule has 1 atom stereocenters. The van der Waals surface area contributed by atoms with Crippen molar-refractivity contribution in [2.75, 3.05) is 0 Å². The van der Waals surface area contributed by atoms with E-state index >= 15 is 0 Å². The van der Waals surface area contributed by atoms with Crippen molar-refractivity contribution in [3.63, 3.8) is 0 Å². The predicted molar refractivity (Wildman–Crippen MR) is 48.1 cm³/mol. The van der Waals surface area contributed by atoms with Crippen LogP contribution >= 0.6 is 0 Å². The van der Waals surface area contributed by atoms with Crippen molar-refractivity contribution in [1.29, 1.82) is 0 Å². The van der Waals surface area contributed by atoms with E-state index in [1.54, 1.807) is 6.92 Å². The van der Waals surface area contributed by atoms with Crippen molar-refractivity contribution in [1.82, 2.24) is 0 Å². The molecule has 0 aliphatic rings. The second kappa shape index (κ2) is 8.06. The minimum atomic E-state index is -0.346. The van der Waals surface area contributed by atoms with Crippen LogP contribution in [0.25, 0.3) is 0 Å². The van der Waals surface area contributed by atoms with Gasteiger partial charge in [0.2, 0.25) is 0 Å². The molecule has 0 saturated heterocycles. The van der Waals surface area contributed by atoms with Gasteiger partial charge in [0.15, 0.2) is 0 Å². The van der Waals surface area contributed by atoms with Gasteiger partial charge >= 0.3 is 0 Å². The first-order valence-corrected chi connectivity index (χ1v) is 4.93. The minimum absolute atomic E-state index is 0.346. The molecule has 0 heterocycles. The maximum absolute atomic E-state index is 10.6. The van der Waals surface area contributed by atoms with Crippen LogP contribution < -0.4 is 0 Å². The summed E-state index contributed by atoms with van der Waals surface area (Å²) in [6.45, 7) is 3.98. The first-order chi connectivity index (χ1) is 5.27. The zero-order valence-corrected chi connectivity index (χ0v) is 7.94. The highest BCUT2D eigenvalue weighted by Gasteiger charge is 1.96. The van der Waals surface area contributed by atoms with Gasteiger partial charge in [-0.1, -0.05) is 45.4 Å². The molecule has 0 fully saturated rings. The Morgan fingerprint density at radius 3 is 2.09 bits per heavy atom. The molecule has 0 spiro atoms. The molecule has 1 unspecified atom stereocenters. The van der Waals surface area contributed by atoms with Gasteiger partial charge in [0.05, 0.1) is 6.10 Å². The van der Waals surface area contributed by atoms with Crippen LogP contribution in [-0.2, 0) is 5.11 Å². The summed E-state index contributed by atoms with van der Waals surface area (Å²) in [5, 5.41) is 10.6. The highest BCUT2D eigenvalue weighted by Crippen LogP contribution is 2.08. The average molecular weight is 157 g/mol. The Bertz CT molecular complexity index is 69.3. The minimum Gasteiger partial charge on any atom is -0.233 e. The van der Waals surface area contributed by atoms with Gasteiger partial charge in [-0.25, -0.2) is 5.11 Å². The molecule has 1 heteroatoms. The van der Waals surface area contributed by atoms with Gasteiger partial charge in [-0.2, -0.15) is 0 Å². The number of rotatable bonds is 7. The third-order valence-electron chi connectivity index (χ3n) is 1.96. The van der Waals surface area contributed by atoms with E-state index < -0.39 is 0 Å². The van der Waals surface area contributed by atoms with Crippen LogP contribution in [0, 0.1) is 0 Å². The van der Waals surface area contributed by atoms with Crippen LogP contribution in [0.1, 0.15) is 58.8 Å². The van der Waals surface area contributed by atoms with Gasteiger partial charge in [-0.05, 0) is 13.3 Å². The number of unbranched alkanes of at least 4 members (excludes halogenated alkanes) is 5. The molecule has 0 saturated carbocycles. The SMILES string of the molecule is CCCCCCCCC(C)[O]. The van der Waals surface area contributed by atoms with Crippen molar-refractivity contribution >= 4 is 0 Å². The van der Waals surface area contributed by atoms with Gasteiger partial charge in [0.25, 0.3) is 0 Å². The van der Waals surface area contributed by atoms with E-state index in [1.165, 1.54) is 32.1 Å². The van der Waals surface area contributed by atoms with Gasteiger partial charge in [-0.15, -0.1) is 0 Å². The Kier molecular flexibility index (Phi) is 8.03. The summed E-state index contributed by atoms with van der Waals surface area (Å²) in [5.74, 6) is 0. The van der Waals surface area contributed by atoms with E-state index in [1.807, 2.05) is 0 Å². The van der Waals surface area contributed by atoms with Crippen LogP contribution in [0.2, 0.25) is 0 Å². The first-order valence-electron chi connectivity index (χ1n) is 4.93. The summed E-state index contributed by atoms with van der Waals surface area (Å²) in [4.78, 5) is 0. The van der Waals surface area contributed by atoms with Crippen LogP contribution in [0.3, 0.4) is 0 Å². The largest absolute Gasteiger partial charge is 0.233 e. The maximum Gasteiger partial charge on any atom is 0.0902 e. The van der Waals surface area contributed by atoms with Crippen molar-refractivity contribution < 1.29 is 5.11 Å². The molecular formula is C10H21O. The second-order valence-corrected chi connectivity index (χ2v) is 3.37. The van der Waals surface area contributed by atoms with Crippen molar-refractivity contribution in [2.45, 2.75) is 64.9 Å². The highest BCUT2D eigenvalue weighted by atomic mass is 16.3. The molecule has 1 nitrogen and oxygen atoms in total. The lowest BCUT2D eigenvalue weighted by atomic mass is 10.1. The van der Waals surface area contributed by atoms with Crippen LogP contribution in [0.15, 0.2) is 0 Å². The fraction of sp³-hybridized carbons (Fsp3) is 1.00. The van der Waals surface area contributed by atoms with E-state index in [4.69, 9.17) is 0 Å². The van der Waals surface area contributed by atoms with E-state index in [0.29, 0.717) is 0 Å². The molecule has 0 aromatic heterocycles. The third kappa shape index (κ3) is 9.96. The molecule has 0 aromatic carbocycles. The molecule has 0 rings (SSSR count). The lowest BCUT2D eigenvalue weighted by Crippen LogP contribution is -1.95. The lowest BCUT2D eigenvalue weighted by Gasteiger charge is -2.01. The number of hydrogen-bond donors (Lipinski definition) is 0. The quantitative estimate of drug-likeness (QED) is 0.504. The second-order valence-electron chi connectivity index (χ2n) is 3.37. The smallest absolute Gasteiger partial charge is 0.0902 e. The summed E-state index contributed by atoms with van der Waals surface area (Å²) in [7, 11) is 0. The molecular weight excluding hydrogens is 136 g/mol. The van der Waals surface area contributed by atoms with Crippen molar-refractivity contribution in [3.8, 4) is 0 Å². The number of hydrogen-bond acceptors (Lipinski definition) is 0. The summed E-state index contributed by atoms with van der Waals surface area (Å²) in [6, 6.07) is 0. The normalized spacial score (nSPS) is 13.4. The molecule has 0 aliphatic carbocycles. The maximum atomic E-state index is 10.6. The predicted octanol–water partition coefficient (Wildman–Crippen LogP) is 3.56. The van der Waals surface area contributed by atoms with Gasteiger partial charge in [0, 0.05) is 0 Å². The molecule has 11 heavy (non-hydrogen) atoms. The van der Waals surface area contributed by atoms with Crippen LogP contribution in [-0.4, -0.2) is 6.10 Å². The molecule has 1 radical (unpaired) electrons. The molecule has 0 aliphatic heterocycles. The van der Waals surface area contributed by atoms with E-state index in [-0.39, 0.29) is 6.10 Å². The zero-order valence-electron chi connectivity index (χ0n) is 7.94. The molecule has 0 bridgehead atoms. The first kappa shape index (κ1) is 11.0. The average Bonchev–Trinajstić information content (AvgIpc) is 1.96. The Balaban J connectivity index is 2.80. The standard InChI is InChI=1S/C10H21O/c1-3-4-5-6-7-8-9-10(2)11/h10H,3-9H2,1-2H3. The molecule has 67 valence electrons. The van der Waals surface area contributed by atoms with Gasteiger partial charge < -0.3 is 0 Å². The fourth-order valence-electron chi connectivity index (χ4n) is 1.21. The Morgan fingerprint density at radius 2 is 1.55 bits per heavy atom. The van der Waals surface area contributed by atoms with Gasteiger partial charge in [0.1, 0.15) is 0 Å². The summed E-state index contributed by atoms with van der Waals surface area (Å²) in [6.07, 6.45) is 8.24. The Labute approximate surface area is 70.8 Å². The van der Waals surface area contributed by atoms with E-state index in [0.717, 1.165) is 12.8 Å². The molecule has 0 amide bonds. The highest BCUT2D eigenvalue weighted by molar-refractivity contribution is 4.48. The Morgan fingerprint density at radius 1 is 1.00 bits per heavy atom. The third-order valence-corrected chi connectivity index (χ3v) is 1.96. The van der Waals surface area contributed by atoms with Crippen molar-refractivity contribution in [2.24, 2.45) is 0 Å². The molecule has 0 N–H and O–H groups in total. The van der Waals surface area contributed by atoms with E-state index in [2.05, 4.69) is 6.92 Å². The van der Waals surface area contributed by atoms with Gasteiger partial charge in [-0.3, -0.25) is 0 Å². The topological polar surface area (TPSA) is 19.9 Å². The van der Waals surface area contributed by atoms with E-state index in [9.17, 15) is 5.11 Å². The van der Waals surface area contributed by atoms with Crippen LogP contribution in [0.5, 0.6) is 0 Å². The monoisotopic (exact) mass is 157 g/mol. The van der Waals surface area contributed by atoms with Crippen LogP contribution in [0.4, 0.5) is 0 Å². The lowest BCUT2D eigenvalue weighted by molar-refractivity contribution is 0.0950.